The van der Waals surface area contributed by atoms with E-state index in [4.69, 9.17) is 0 Å². The average molecular weight is 213 g/mol. The Kier molecular flexibility index (Phi) is 3.02. The fourth-order valence-electron chi connectivity index (χ4n) is 1.68. The van der Waals surface area contributed by atoms with Crippen molar-refractivity contribution in [2.24, 2.45) is 0 Å². The molecule has 2 rings (SSSR count). The summed E-state index contributed by atoms with van der Waals surface area (Å²) < 4.78 is 0. The van der Waals surface area contributed by atoms with Crippen LogP contribution < -0.4 is 0 Å². The van der Waals surface area contributed by atoms with Gasteiger partial charge in [0.05, 0.1) is 17.3 Å². The molecule has 0 saturated carbocycles. The smallest absolute Gasteiger partial charge is 0.0932 e. The molecule has 1 aromatic heterocycles. The zero-order valence-corrected chi connectivity index (χ0v) is 9.51. The van der Waals surface area contributed by atoms with Gasteiger partial charge in [0.15, 0.2) is 0 Å². The molecule has 1 unspecified atom stereocenters. The predicted octanol–water partition coefficient (Wildman–Crippen LogP) is 3.32. The monoisotopic (exact) mass is 213 g/mol. The minimum absolute atomic E-state index is 0.519. The number of nitrogens with zero attached hydrogens (tertiary/aromatic N) is 1. The normalized spacial score (nSPS) is 13.4. The number of allylic oxidation sites excluding steroid dienone is 1. The lowest BCUT2D eigenvalue weighted by Gasteiger charge is -2.05. The van der Waals surface area contributed by atoms with Crippen molar-refractivity contribution in [2.45, 2.75) is 20.0 Å². The maximum Gasteiger partial charge on any atom is 0.0932 e. The molecule has 0 bridgehead atoms. The fraction of sp³-hybridized carbons (Fsp3) is 0.214. The quantitative estimate of drug-likeness (QED) is 0.830. The van der Waals surface area contributed by atoms with Gasteiger partial charge in [-0.25, -0.2) is 0 Å². The van der Waals surface area contributed by atoms with Gasteiger partial charge in [-0.1, -0.05) is 30.4 Å². The van der Waals surface area contributed by atoms with Crippen LogP contribution in [0.25, 0.3) is 17.0 Å². The Labute approximate surface area is 95.3 Å². The van der Waals surface area contributed by atoms with Crippen molar-refractivity contribution in [1.82, 2.24) is 4.98 Å². The van der Waals surface area contributed by atoms with E-state index in [1.54, 1.807) is 6.92 Å². The third kappa shape index (κ3) is 2.12. The number of benzene rings is 1. The molecule has 0 spiro atoms. The van der Waals surface area contributed by atoms with E-state index in [9.17, 15) is 5.11 Å². The zero-order chi connectivity index (χ0) is 11.5. The molecule has 0 saturated heterocycles. The second-order valence-corrected chi connectivity index (χ2v) is 3.86. The number of fused-ring (bicyclic) bond motifs is 1. The highest BCUT2D eigenvalue weighted by Crippen LogP contribution is 2.18. The van der Waals surface area contributed by atoms with Crippen molar-refractivity contribution in [3.63, 3.8) is 0 Å². The van der Waals surface area contributed by atoms with E-state index in [-0.39, 0.29) is 0 Å². The first-order valence-corrected chi connectivity index (χ1v) is 5.42. The van der Waals surface area contributed by atoms with Gasteiger partial charge in [0.2, 0.25) is 0 Å². The minimum atomic E-state index is -0.519. The summed E-state index contributed by atoms with van der Waals surface area (Å²) in [5, 5.41) is 10.6. The van der Waals surface area contributed by atoms with Crippen LogP contribution >= 0.6 is 0 Å². The van der Waals surface area contributed by atoms with Gasteiger partial charge in [-0.3, -0.25) is 4.98 Å². The molecule has 1 aromatic carbocycles. The molecule has 2 nitrogen and oxygen atoms in total. The lowest BCUT2D eigenvalue weighted by atomic mass is 10.1. The van der Waals surface area contributed by atoms with Crippen LogP contribution in [-0.2, 0) is 0 Å². The fourth-order valence-corrected chi connectivity index (χ4v) is 1.68. The molecule has 1 atom stereocenters. The summed E-state index contributed by atoms with van der Waals surface area (Å²) in [4.78, 5) is 4.43. The number of pyridine rings is 1. The zero-order valence-electron chi connectivity index (χ0n) is 9.51. The van der Waals surface area contributed by atoms with Crippen LogP contribution in [0.1, 0.15) is 31.2 Å². The van der Waals surface area contributed by atoms with E-state index in [0.717, 1.165) is 16.5 Å². The number of hydrogen-bond acceptors (Lipinski definition) is 2. The van der Waals surface area contributed by atoms with Crippen LogP contribution in [0.15, 0.2) is 36.4 Å². The van der Waals surface area contributed by atoms with Crippen molar-refractivity contribution >= 4 is 17.0 Å². The average Bonchev–Trinajstić information content (AvgIpc) is 2.28. The Morgan fingerprint density at radius 3 is 2.69 bits per heavy atom. The predicted molar refractivity (Wildman–Crippen MR) is 67.1 cm³/mol. The molecule has 0 aliphatic rings. The van der Waals surface area contributed by atoms with Crippen LogP contribution in [0, 0.1) is 0 Å². The molecule has 82 valence electrons. The summed E-state index contributed by atoms with van der Waals surface area (Å²) in [7, 11) is 0. The number of rotatable bonds is 2. The Morgan fingerprint density at radius 1 is 1.25 bits per heavy atom. The van der Waals surface area contributed by atoms with E-state index in [0.29, 0.717) is 5.69 Å². The van der Waals surface area contributed by atoms with Crippen LogP contribution in [0.3, 0.4) is 0 Å². The van der Waals surface area contributed by atoms with Gasteiger partial charge in [-0.2, -0.15) is 0 Å². The molecule has 0 amide bonds. The van der Waals surface area contributed by atoms with Gasteiger partial charge >= 0.3 is 0 Å². The van der Waals surface area contributed by atoms with Gasteiger partial charge in [0, 0.05) is 5.39 Å². The SMILES string of the molecule is CC=Cc1ccc2ccc(C(C)O)nc2c1. The topological polar surface area (TPSA) is 33.1 Å². The van der Waals surface area contributed by atoms with Crippen molar-refractivity contribution in [3.05, 3.63) is 47.7 Å². The Balaban J connectivity index is 2.56. The summed E-state index contributed by atoms with van der Waals surface area (Å²) >= 11 is 0. The molecule has 0 aliphatic heterocycles. The van der Waals surface area contributed by atoms with Crippen molar-refractivity contribution in [1.29, 1.82) is 0 Å². The first kappa shape index (κ1) is 10.8. The first-order valence-electron chi connectivity index (χ1n) is 5.42. The number of aliphatic hydroxyl groups excluding tert-OH is 1. The van der Waals surface area contributed by atoms with Crippen molar-refractivity contribution in [2.75, 3.05) is 0 Å². The highest BCUT2D eigenvalue weighted by Gasteiger charge is 2.03. The van der Waals surface area contributed by atoms with E-state index >= 15 is 0 Å². The van der Waals surface area contributed by atoms with E-state index < -0.39 is 6.10 Å². The van der Waals surface area contributed by atoms with Crippen LogP contribution in [0.2, 0.25) is 0 Å². The van der Waals surface area contributed by atoms with Crippen LogP contribution in [-0.4, -0.2) is 10.1 Å². The van der Waals surface area contributed by atoms with Gasteiger partial charge in [0.25, 0.3) is 0 Å². The third-order valence-corrected chi connectivity index (χ3v) is 2.52. The molecular formula is C14H15NO. The lowest BCUT2D eigenvalue weighted by molar-refractivity contribution is 0.195. The molecule has 0 fully saturated rings. The maximum atomic E-state index is 9.48. The Morgan fingerprint density at radius 2 is 2.00 bits per heavy atom. The molecule has 2 aromatic rings. The van der Waals surface area contributed by atoms with Crippen molar-refractivity contribution < 1.29 is 5.11 Å². The molecule has 0 radical (unpaired) electrons. The summed E-state index contributed by atoms with van der Waals surface area (Å²) in [6.45, 7) is 3.72. The molecule has 0 aliphatic carbocycles. The van der Waals surface area contributed by atoms with Gasteiger partial charge < -0.3 is 5.11 Å². The number of aliphatic hydroxyl groups is 1. The van der Waals surface area contributed by atoms with Crippen LogP contribution in [0.4, 0.5) is 0 Å². The third-order valence-electron chi connectivity index (χ3n) is 2.52. The Hall–Kier alpha value is -1.67. The van der Waals surface area contributed by atoms with Gasteiger partial charge in [-0.05, 0) is 31.5 Å². The summed E-state index contributed by atoms with van der Waals surface area (Å²) in [6.07, 6.45) is 3.52. The summed E-state index contributed by atoms with van der Waals surface area (Å²) in [6, 6.07) is 9.99. The van der Waals surface area contributed by atoms with E-state index in [1.165, 1.54) is 0 Å². The van der Waals surface area contributed by atoms with E-state index in [1.807, 2.05) is 43.3 Å². The standard InChI is InChI=1S/C14H15NO/c1-3-4-11-5-6-12-7-8-13(10(2)16)15-14(12)9-11/h3-10,16H,1-2H3. The summed E-state index contributed by atoms with van der Waals surface area (Å²) in [5.74, 6) is 0. The molecular weight excluding hydrogens is 198 g/mol. The molecule has 16 heavy (non-hydrogen) atoms. The lowest BCUT2D eigenvalue weighted by Crippen LogP contribution is -1.95. The van der Waals surface area contributed by atoms with Crippen molar-refractivity contribution in [3.8, 4) is 0 Å². The van der Waals surface area contributed by atoms with Gasteiger partial charge in [-0.15, -0.1) is 0 Å². The van der Waals surface area contributed by atoms with E-state index in [2.05, 4.69) is 11.1 Å². The highest BCUT2D eigenvalue weighted by atomic mass is 16.3. The second-order valence-electron chi connectivity index (χ2n) is 3.86. The highest BCUT2D eigenvalue weighted by molar-refractivity contribution is 5.81. The number of aromatic nitrogens is 1. The molecule has 1 N–H and O–H groups in total. The minimum Gasteiger partial charge on any atom is -0.387 e. The summed E-state index contributed by atoms with van der Waals surface area (Å²) in [5.41, 5.74) is 2.77. The first-order chi connectivity index (χ1) is 7.70. The van der Waals surface area contributed by atoms with Crippen LogP contribution in [0.5, 0.6) is 0 Å². The number of hydrogen-bond donors (Lipinski definition) is 1. The molecule has 2 heteroatoms. The largest absolute Gasteiger partial charge is 0.387 e. The Bertz CT molecular complexity index is 529. The second kappa shape index (κ2) is 4.45. The molecule has 1 heterocycles. The van der Waals surface area contributed by atoms with Gasteiger partial charge in [0.1, 0.15) is 0 Å². The maximum absolute atomic E-state index is 9.48.